The number of aromatic nitrogens is 2. The molecule has 0 radical (unpaired) electrons. The summed E-state index contributed by atoms with van der Waals surface area (Å²) in [5.41, 5.74) is 6.17. The molecule has 2 aromatic heterocycles. The quantitative estimate of drug-likeness (QED) is 0.725. The first-order valence-electron chi connectivity index (χ1n) is 5.15. The van der Waals surface area contributed by atoms with Crippen LogP contribution in [0.25, 0.3) is 10.2 Å². The monoisotopic (exact) mass is 277 g/mol. The number of nitrogen functional groups attached to an aromatic ring is 1. The summed E-state index contributed by atoms with van der Waals surface area (Å²) in [5, 5.41) is 3.29. The van der Waals surface area contributed by atoms with Crippen LogP contribution in [0.15, 0.2) is 36.0 Å². The van der Waals surface area contributed by atoms with E-state index in [0.29, 0.717) is 22.3 Å². The number of ether oxygens (including phenoxy) is 1. The van der Waals surface area contributed by atoms with E-state index in [0.717, 1.165) is 10.2 Å². The van der Waals surface area contributed by atoms with Gasteiger partial charge in [-0.15, -0.1) is 11.3 Å². The van der Waals surface area contributed by atoms with Gasteiger partial charge in [-0.25, -0.2) is 9.97 Å². The molecule has 3 aromatic rings. The molecular weight excluding hydrogens is 270 g/mol. The Morgan fingerprint density at radius 3 is 2.94 bits per heavy atom. The van der Waals surface area contributed by atoms with Crippen molar-refractivity contribution >= 4 is 38.8 Å². The second-order valence-corrected chi connectivity index (χ2v) is 4.91. The standard InChI is InChI=1S/C12H8ClN3OS/c13-9-5-7(1-2-10(9)14)17-11-8-3-4-18-12(8)16-6-15-11/h1-6H,14H2. The summed E-state index contributed by atoms with van der Waals surface area (Å²) in [6.07, 6.45) is 1.48. The first-order valence-corrected chi connectivity index (χ1v) is 6.41. The molecule has 0 spiro atoms. The van der Waals surface area contributed by atoms with Crippen LogP contribution >= 0.6 is 22.9 Å². The molecule has 0 aliphatic heterocycles. The van der Waals surface area contributed by atoms with Gasteiger partial charge in [0.25, 0.3) is 0 Å². The van der Waals surface area contributed by atoms with Gasteiger partial charge in [0, 0.05) is 6.07 Å². The summed E-state index contributed by atoms with van der Waals surface area (Å²) in [5.74, 6) is 1.11. The Balaban J connectivity index is 2.01. The van der Waals surface area contributed by atoms with Crippen molar-refractivity contribution in [2.75, 3.05) is 5.73 Å². The number of hydrogen-bond acceptors (Lipinski definition) is 5. The topological polar surface area (TPSA) is 61.0 Å². The number of nitrogens with zero attached hydrogens (tertiary/aromatic N) is 2. The van der Waals surface area contributed by atoms with Crippen molar-refractivity contribution in [2.24, 2.45) is 0 Å². The summed E-state index contributed by atoms with van der Waals surface area (Å²) < 4.78 is 5.70. The molecule has 4 nitrogen and oxygen atoms in total. The fourth-order valence-corrected chi connectivity index (χ4v) is 2.43. The van der Waals surface area contributed by atoms with Crippen LogP contribution in [-0.2, 0) is 0 Å². The average Bonchev–Trinajstić information content (AvgIpc) is 2.83. The van der Waals surface area contributed by atoms with Gasteiger partial charge in [0.05, 0.1) is 16.1 Å². The Labute approximate surface area is 112 Å². The van der Waals surface area contributed by atoms with Crippen molar-refractivity contribution in [2.45, 2.75) is 0 Å². The highest BCUT2D eigenvalue weighted by Gasteiger charge is 2.07. The van der Waals surface area contributed by atoms with Crippen LogP contribution in [-0.4, -0.2) is 9.97 Å². The number of hydrogen-bond donors (Lipinski definition) is 1. The minimum Gasteiger partial charge on any atom is -0.438 e. The Kier molecular flexibility index (Phi) is 2.77. The zero-order valence-electron chi connectivity index (χ0n) is 9.13. The van der Waals surface area contributed by atoms with Gasteiger partial charge in [-0.05, 0) is 23.6 Å². The highest BCUT2D eigenvalue weighted by Crippen LogP contribution is 2.31. The number of anilines is 1. The SMILES string of the molecule is Nc1ccc(Oc2ncnc3sccc23)cc1Cl. The van der Waals surface area contributed by atoms with E-state index in [-0.39, 0.29) is 0 Å². The molecule has 0 atom stereocenters. The lowest BCUT2D eigenvalue weighted by atomic mass is 10.3. The highest BCUT2D eigenvalue weighted by molar-refractivity contribution is 7.16. The van der Waals surface area contributed by atoms with Crippen molar-refractivity contribution in [3.8, 4) is 11.6 Å². The van der Waals surface area contributed by atoms with Crippen molar-refractivity contribution in [1.82, 2.24) is 9.97 Å². The first kappa shape index (κ1) is 11.3. The summed E-state index contributed by atoms with van der Waals surface area (Å²) in [4.78, 5) is 9.17. The van der Waals surface area contributed by atoms with Gasteiger partial charge in [-0.2, -0.15) is 0 Å². The maximum Gasteiger partial charge on any atom is 0.231 e. The average molecular weight is 278 g/mol. The third kappa shape index (κ3) is 1.98. The largest absolute Gasteiger partial charge is 0.438 e. The third-order valence-corrected chi connectivity index (χ3v) is 3.56. The summed E-state index contributed by atoms with van der Waals surface area (Å²) in [7, 11) is 0. The van der Waals surface area contributed by atoms with E-state index < -0.39 is 0 Å². The number of benzene rings is 1. The fraction of sp³-hybridized carbons (Fsp3) is 0. The summed E-state index contributed by atoms with van der Waals surface area (Å²) in [6.45, 7) is 0. The number of nitrogens with two attached hydrogens (primary N) is 1. The Morgan fingerprint density at radius 1 is 1.22 bits per heavy atom. The molecule has 0 aliphatic carbocycles. The van der Waals surface area contributed by atoms with Gasteiger partial charge in [0.2, 0.25) is 5.88 Å². The van der Waals surface area contributed by atoms with Crippen LogP contribution in [0.2, 0.25) is 5.02 Å². The van der Waals surface area contributed by atoms with Gasteiger partial charge < -0.3 is 10.5 Å². The highest BCUT2D eigenvalue weighted by atomic mass is 35.5. The van der Waals surface area contributed by atoms with Crippen LogP contribution in [0.5, 0.6) is 11.6 Å². The zero-order valence-corrected chi connectivity index (χ0v) is 10.7. The Hall–Kier alpha value is -1.85. The van der Waals surface area contributed by atoms with Crippen molar-refractivity contribution < 1.29 is 4.74 Å². The molecule has 3 rings (SSSR count). The first-order chi connectivity index (χ1) is 8.74. The number of thiophene rings is 1. The van der Waals surface area contributed by atoms with Crippen LogP contribution in [0.1, 0.15) is 0 Å². The van der Waals surface area contributed by atoms with Gasteiger partial charge in [-0.1, -0.05) is 11.6 Å². The van der Waals surface area contributed by atoms with E-state index in [1.54, 1.807) is 29.5 Å². The Bertz CT molecular complexity index is 713. The molecule has 2 heterocycles. The molecule has 1 aromatic carbocycles. The summed E-state index contributed by atoms with van der Waals surface area (Å²) >= 11 is 7.48. The van der Waals surface area contributed by atoms with Crippen molar-refractivity contribution in [3.05, 3.63) is 41.0 Å². The van der Waals surface area contributed by atoms with E-state index in [4.69, 9.17) is 22.1 Å². The van der Waals surface area contributed by atoms with E-state index >= 15 is 0 Å². The van der Waals surface area contributed by atoms with Gasteiger partial charge in [0.1, 0.15) is 16.9 Å². The maximum atomic E-state index is 5.94. The molecule has 2 N–H and O–H groups in total. The minimum absolute atomic E-state index is 0.461. The van der Waals surface area contributed by atoms with E-state index in [1.165, 1.54) is 6.33 Å². The molecule has 6 heteroatoms. The molecule has 0 amide bonds. The van der Waals surface area contributed by atoms with Crippen molar-refractivity contribution in [3.63, 3.8) is 0 Å². The van der Waals surface area contributed by atoms with Crippen molar-refractivity contribution in [1.29, 1.82) is 0 Å². The Morgan fingerprint density at radius 2 is 2.11 bits per heavy atom. The minimum atomic E-state index is 0.461. The molecule has 0 aliphatic rings. The second kappa shape index (κ2) is 4.44. The number of fused-ring (bicyclic) bond motifs is 1. The van der Waals surface area contributed by atoms with Crippen LogP contribution in [0, 0.1) is 0 Å². The summed E-state index contributed by atoms with van der Waals surface area (Å²) in [6, 6.07) is 7.04. The third-order valence-electron chi connectivity index (χ3n) is 2.41. The van der Waals surface area contributed by atoms with E-state index in [2.05, 4.69) is 9.97 Å². The number of halogens is 1. The molecule has 0 fully saturated rings. The molecule has 0 unspecified atom stereocenters. The lowest BCUT2D eigenvalue weighted by molar-refractivity contribution is 0.468. The van der Waals surface area contributed by atoms with E-state index in [1.807, 2.05) is 11.4 Å². The molecule has 90 valence electrons. The molecule has 0 saturated heterocycles. The molecule has 0 saturated carbocycles. The van der Waals surface area contributed by atoms with Crippen LogP contribution < -0.4 is 10.5 Å². The smallest absolute Gasteiger partial charge is 0.231 e. The molecule has 0 bridgehead atoms. The predicted molar refractivity (Wildman–Crippen MR) is 73.4 cm³/mol. The van der Waals surface area contributed by atoms with Gasteiger partial charge in [0.15, 0.2) is 0 Å². The molecule has 18 heavy (non-hydrogen) atoms. The fourth-order valence-electron chi connectivity index (χ4n) is 1.53. The van der Waals surface area contributed by atoms with Crippen LogP contribution in [0.4, 0.5) is 5.69 Å². The lowest BCUT2D eigenvalue weighted by Gasteiger charge is -2.06. The second-order valence-electron chi connectivity index (χ2n) is 3.60. The molecular formula is C12H8ClN3OS. The van der Waals surface area contributed by atoms with E-state index in [9.17, 15) is 0 Å². The zero-order chi connectivity index (χ0) is 12.5. The lowest BCUT2D eigenvalue weighted by Crippen LogP contribution is -1.91. The van der Waals surface area contributed by atoms with Gasteiger partial charge >= 0.3 is 0 Å². The maximum absolute atomic E-state index is 5.94. The number of rotatable bonds is 2. The van der Waals surface area contributed by atoms with Gasteiger partial charge in [-0.3, -0.25) is 0 Å². The predicted octanol–water partition coefficient (Wildman–Crippen LogP) is 3.72. The normalized spacial score (nSPS) is 10.7. The van der Waals surface area contributed by atoms with Crippen LogP contribution in [0.3, 0.4) is 0 Å².